The van der Waals surface area contributed by atoms with Crippen LogP contribution in [0.2, 0.25) is 0 Å². The summed E-state index contributed by atoms with van der Waals surface area (Å²) in [4.78, 5) is 2.33. The Morgan fingerprint density at radius 1 is 1.11 bits per heavy atom. The molecule has 2 heteroatoms. The van der Waals surface area contributed by atoms with Crippen LogP contribution in [0.25, 0.3) is 0 Å². The topological polar surface area (TPSA) is 27.0 Å². The number of anilines is 2. The van der Waals surface area contributed by atoms with Crippen molar-refractivity contribution >= 4 is 11.4 Å². The molecule has 0 atom stereocenters. The summed E-state index contributed by atoms with van der Waals surface area (Å²) in [5.41, 5.74) is 4.97. The average molecular weight is 234 g/mol. The Hall–Kier alpha value is -2.27. The quantitative estimate of drug-likeness (QED) is 0.795. The molecule has 0 spiro atoms. The predicted octanol–water partition coefficient (Wildman–Crippen LogP) is 3.45. The van der Waals surface area contributed by atoms with Gasteiger partial charge in [-0.3, -0.25) is 0 Å². The van der Waals surface area contributed by atoms with Crippen molar-refractivity contribution in [2.24, 2.45) is 0 Å². The van der Waals surface area contributed by atoms with Crippen LogP contribution in [-0.4, -0.2) is 6.54 Å². The summed E-state index contributed by atoms with van der Waals surface area (Å²) in [6.45, 7) is 1.02. The fourth-order valence-corrected chi connectivity index (χ4v) is 2.53. The number of nitrogens with zero attached hydrogens (tertiary/aromatic N) is 2. The van der Waals surface area contributed by atoms with E-state index in [1.807, 2.05) is 12.1 Å². The highest BCUT2D eigenvalue weighted by Crippen LogP contribution is 2.34. The van der Waals surface area contributed by atoms with E-state index in [9.17, 15) is 0 Å². The van der Waals surface area contributed by atoms with Crippen LogP contribution in [-0.2, 0) is 12.8 Å². The third-order valence-corrected chi connectivity index (χ3v) is 3.39. The second kappa shape index (κ2) is 4.54. The molecule has 0 saturated carbocycles. The van der Waals surface area contributed by atoms with Gasteiger partial charge in [0.15, 0.2) is 0 Å². The van der Waals surface area contributed by atoms with Crippen molar-refractivity contribution < 1.29 is 0 Å². The molecule has 0 saturated heterocycles. The zero-order valence-corrected chi connectivity index (χ0v) is 10.1. The van der Waals surface area contributed by atoms with Gasteiger partial charge in [-0.25, -0.2) is 0 Å². The molecular formula is C16H14N2. The van der Waals surface area contributed by atoms with E-state index in [-0.39, 0.29) is 0 Å². The first kappa shape index (κ1) is 10.9. The van der Waals surface area contributed by atoms with Crippen LogP contribution < -0.4 is 4.90 Å². The maximum atomic E-state index is 8.77. The van der Waals surface area contributed by atoms with Crippen molar-refractivity contribution in [3.63, 3.8) is 0 Å². The lowest BCUT2D eigenvalue weighted by molar-refractivity contribution is 0.996. The van der Waals surface area contributed by atoms with E-state index in [0.717, 1.165) is 18.5 Å². The number of hydrogen-bond donors (Lipinski definition) is 0. The Balaban J connectivity index is 1.97. The van der Waals surface area contributed by atoms with Gasteiger partial charge < -0.3 is 4.90 Å². The molecule has 0 bridgehead atoms. The number of benzene rings is 2. The summed E-state index contributed by atoms with van der Waals surface area (Å²) in [6.07, 6.45) is 1.57. The van der Waals surface area contributed by atoms with Crippen molar-refractivity contribution in [1.82, 2.24) is 0 Å². The summed E-state index contributed by atoms with van der Waals surface area (Å²) in [6, 6.07) is 19.0. The van der Waals surface area contributed by atoms with E-state index >= 15 is 0 Å². The zero-order chi connectivity index (χ0) is 12.4. The van der Waals surface area contributed by atoms with Gasteiger partial charge in [0.2, 0.25) is 0 Å². The summed E-state index contributed by atoms with van der Waals surface area (Å²) >= 11 is 0. The Kier molecular flexibility index (Phi) is 2.74. The van der Waals surface area contributed by atoms with Crippen LogP contribution in [0, 0.1) is 11.3 Å². The van der Waals surface area contributed by atoms with Crippen molar-refractivity contribution in [1.29, 1.82) is 5.26 Å². The van der Waals surface area contributed by atoms with E-state index in [1.165, 1.54) is 16.9 Å². The first-order valence-electron chi connectivity index (χ1n) is 6.20. The fourth-order valence-electron chi connectivity index (χ4n) is 2.53. The first-order chi connectivity index (χ1) is 8.88. The highest BCUT2D eigenvalue weighted by molar-refractivity contribution is 5.70. The smallest absolute Gasteiger partial charge is 0.0669 e. The summed E-state index contributed by atoms with van der Waals surface area (Å²) < 4.78 is 0. The van der Waals surface area contributed by atoms with Gasteiger partial charge in [-0.2, -0.15) is 5.26 Å². The molecule has 0 N–H and O–H groups in total. The maximum Gasteiger partial charge on any atom is 0.0669 e. The second-order valence-corrected chi connectivity index (χ2v) is 4.54. The number of fused-ring (bicyclic) bond motifs is 1. The van der Waals surface area contributed by atoms with E-state index in [1.54, 1.807) is 0 Å². The minimum absolute atomic E-state index is 0.476. The van der Waals surface area contributed by atoms with Gasteiger partial charge in [0.05, 0.1) is 12.5 Å². The van der Waals surface area contributed by atoms with Crippen molar-refractivity contribution in [3.05, 3.63) is 59.7 Å². The van der Waals surface area contributed by atoms with E-state index in [0.29, 0.717) is 6.42 Å². The molecule has 2 nitrogen and oxygen atoms in total. The van der Waals surface area contributed by atoms with Gasteiger partial charge in [-0.1, -0.05) is 30.3 Å². The lowest BCUT2D eigenvalue weighted by Gasteiger charge is -2.20. The van der Waals surface area contributed by atoms with Gasteiger partial charge >= 0.3 is 0 Å². The van der Waals surface area contributed by atoms with Crippen LogP contribution >= 0.6 is 0 Å². The van der Waals surface area contributed by atoms with Crippen molar-refractivity contribution in [3.8, 4) is 6.07 Å². The molecule has 1 aliphatic rings. The molecule has 1 heterocycles. The standard InChI is InChI=1S/C16H14N2/c17-10-8-13-4-3-6-15(12-13)18-11-9-14-5-1-2-7-16(14)18/h1-7,12H,8-9,11H2. The van der Waals surface area contributed by atoms with Gasteiger partial charge in [0, 0.05) is 17.9 Å². The van der Waals surface area contributed by atoms with Crippen LogP contribution in [0.15, 0.2) is 48.5 Å². The van der Waals surface area contributed by atoms with Crippen molar-refractivity contribution in [2.75, 3.05) is 11.4 Å². The van der Waals surface area contributed by atoms with E-state index in [2.05, 4.69) is 47.4 Å². The van der Waals surface area contributed by atoms with Crippen LogP contribution in [0.1, 0.15) is 11.1 Å². The Morgan fingerprint density at radius 3 is 2.89 bits per heavy atom. The van der Waals surface area contributed by atoms with Gasteiger partial charge in [-0.05, 0) is 35.7 Å². The molecule has 0 fully saturated rings. The highest BCUT2D eigenvalue weighted by Gasteiger charge is 2.19. The van der Waals surface area contributed by atoms with Crippen LogP contribution in [0.3, 0.4) is 0 Å². The average Bonchev–Trinajstić information content (AvgIpc) is 2.83. The Labute approximate surface area is 107 Å². The lowest BCUT2D eigenvalue weighted by atomic mass is 10.1. The maximum absolute atomic E-state index is 8.77. The van der Waals surface area contributed by atoms with Crippen LogP contribution in [0.5, 0.6) is 0 Å². The molecule has 0 amide bonds. The fraction of sp³-hybridized carbons (Fsp3) is 0.188. The molecule has 0 radical (unpaired) electrons. The van der Waals surface area contributed by atoms with E-state index < -0.39 is 0 Å². The van der Waals surface area contributed by atoms with Gasteiger partial charge in [-0.15, -0.1) is 0 Å². The number of para-hydroxylation sites is 1. The molecular weight excluding hydrogens is 220 g/mol. The largest absolute Gasteiger partial charge is 0.341 e. The number of nitriles is 1. The monoisotopic (exact) mass is 234 g/mol. The minimum atomic E-state index is 0.476. The Bertz CT molecular complexity index is 610. The second-order valence-electron chi connectivity index (χ2n) is 4.54. The molecule has 2 aromatic rings. The molecule has 3 rings (SSSR count). The molecule has 2 aromatic carbocycles. The van der Waals surface area contributed by atoms with Gasteiger partial charge in [0.1, 0.15) is 0 Å². The number of rotatable bonds is 2. The molecule has 88 valence electrons. The molecule has 0 unspecified atom stereocenters. The molecule has 0 aliphatic carbocycles. The number of hydrogen-bond acceptors (Lipinski definition) is 2. The molecule has 0 aromatic heterocycles. The minimum Gasteiger partial charge on any atom is -0.341 e. The predicted molar refractivity (Wildman–Crippen MR) is 72.9 cm³/mol. The zero-order valence-electron chi connectivity index (χ0n) is 10.1. The lowest BCUT2D eigenvalue weighted by Crippen LogP contribution is -2.13. The van der Waals surface area contributed by atoms with E-state index in [4.69, 9.17) is 5.26 Å². The summed E-state index contributed by atoms with van der Waals surface area (Å²) in [5, 5.41) is 8.77. The third kappa shape index (κ3) is 1.84. The third-order valence-electron chi connectivity index (χ3n) is 3.39. The highest BCUT2D eigenvalue weighted by atomic mass is 15.2. The van der Waals surface area contributed by atoms with Crippen molar-refractivity contribution in [2.45, 2.75) is 12.8 Å². The normalized spacial score (nSPS) is 13.2. The first-order valence-corrected chi connectivity index (χ1v) is 6.20. The summed E-state index contributed by atoms with van der Waals surface area (Å²) in [7, 11) is 0. The molecule has 1 aliphatic heterocycles. The molecule has 18 heavy (non-hydrogen) atoms. The van der Waals surface area contributed by atoms with Crippen LogP contribution in [0.4, 0.5) is 11.4 Å². The Morgan fingerprint density at radius 2 is 2.00 bits per heavy atom. The summed E-state index contributed by atoms with van der Waals surface area (Å²) in [5.74, 6) is 0. The van der Waals surface area contributed by atoms with Gasteiger partial charge in [0.25, 0.3) is 0 Å². The SMILES string of the molecule is N#CCc1cccc(N2CCc3ccccc32)c1.